The zero-order chi connectivity index (χ0) is 10.1. The van der Waals surface area contributed by atoms with Gasteiger partial charge in [0.05, 0.1) is 0 Å². The van der Waals surface area contributed by atoms with Crippen LogP contribution in [0.4, 0.5) is 0 Å². The molecule has 0 aliphatic heterocycles. The van der Waals surface area contributed by atoms with Gasteiger partial charge in [-0.1, -0.05) is 53.9 Å². The van der Waals surface area contributed by atoms with E-state index in [1.165, 1.54) is 25.7 Å². The van der Waals surface area contributed by atoms with E-state index in [0.29, 0.717) is 5.41 Å². The predicted molar refractivity (Wildman–Crippen MR) is 59.7 cm³/mol. The van der Waals surface area contributed by atoms with Crippen molar-refractivity contribution < 1.29 is 0 Å². The fraction of sp³-hybridized carbons (Fsp3) is 1.00. The van der Waals surface area contributed by atoms with E-state index in [-0.39, 0.29) is 0 Å². The van der Waals surface area contributed by atoms with Crippen LogP contribution in [0.25, 0.3) is 0 Å². The maximum atomic E-state index is 2.46. The highest BCUT2D eigenvalue weighted by molar-refractivity contribution is 4.98. The molecule has 0 nitrogen and oxygen atoms in total. The minimum Gasteiger partial charge on any atom is -0.0654 e. The highest BCUT2D eigenvalue weighted by atomic mass is 14.5. The van der Waals surface area contributed by atoms with E-state index in [4.69, 9.17) is 0 Å². The second-order valence-electron chi connectivity index (χ2n) is 5.78. The van der Waals surface area contributed by atoms with Crippen molar-refractivity contribution in [1.82, 2.24) is 0 Å². The Bertz CT molecular complexity index is 157. The van der Waals surface area contributed by atoms with Gasteiger partial charge < -0.3 is 0 Å². The third-order valence-corrected chi connectivity index (χ3v) is 4.13. The Labute approximate surface area is 84.1 Å². The number of unbranched alkanes of at least 4 members (excludes halogenated alkanes) is 1. The van der Waals surface area contributed by atoms with Gasteiger partial charge in [-0.25, -0.2) is 0 Å². The summed E-state index contributed by atoms with van der Waals surface area (Å²) in [6, 6.07) is 0. The van der Waals surface area contributed by atoms with Gasteiger partial charge in [0.25, 0.3) is 0 Å². The van der Waals surface area contributed by atoms with Crippen molar-refractivity contribution in [3.63, 3.8) is 0 Å². The summed E-state index contributed by atoms with van der Waals surface area (Å²) >= 11 is 0. The number of rotatable bonds is 5. The van der Waals surface area contributed by atoms with Crippen molar-refractivity contribution in [2.45, 2.75) is 60.3 Å². The molecular formula is C13H26. The van der Waals surface area contributed by atoms with E-state index in [9.17, 15) is 0 Å². The van der Waals surface area contributed by atoms with Crippen molar-refractivity contribution in [3.8, 4) is 0 Å². The smallest absolute Gasteiger partial charge is 0.0320 e. The third kappa shape index (κ3) is 2.72. The predicted octanol–water partition coefficient (Wildman–Crippen LogP) is 4.49. The van der Waals surface area contributed by atoms with Gasteiger partial charge in [0.2, 0.25) is 0 Å². The van der Waals surface area contributed by atoms with Crippen molar-refractivity contribution >= 4 is 0 Å². The van der Waals surface area contributed by atoms with Gasteiger partial charge in [-0.15, -0.1) is 0 Å². The van der Waals surface area contributed by atoms with Crippen molar-refractivity contribution in [2.75, 3.05) is 0 Å². The molecule has 1 fully saturated rings. The molecule has 1 aliphatic carbocycles. The zero-order valence-corrected chi connectivity index (χ0v) is 10.1. The minimum atomic E-state index is 0.667. The van der Waals surface area contributed by atoms with Gasteiger partial charge in [0, 0.05) is 0 Å². The quantitative estimate of drug-likeness (QED) is 0.587. The molecule has 1 rings (SSSR count). The summed E-state index contributed by atoms with van der Waals surface area (Å²) in [5.74, 6) is 2.90. The molecule has 0 aromatic carbocycles. The van der Waals surface area contributed by atoms with Crippen LogP contribution in [0.1, 0.15) is 60.3 Å². The van der Waals surface area contributed by atoms with E-state index < -0.39 is 0 Å². The van der Waals surface area contributed by atoms with E-state index in [2.05, 4.69) is 34.6 Å². The first-order chi connectivity index (χ1) is 5.99. The second kappa shape index (κ2) is 4.02. The van der Waals surface area contributed by atoms with Gasteiger partial charge in [-0.3, -0.25) is 0 Å². The standard InChI is InChI=1S/C13H26/c1-6-7-8-10(2)11(3)12-9-13(12,4)5/h10-12H,6-9H2,1-5H3. The van der Waals surface area contributed by atoms with Crippen LogP contribution in [0.15, 0.2) is 0 Å². The highest BCUT2D eigenvalue weighted by Crippen LogP contribution is 2.57. The number of hydrogen-bond donors (Lipinski definition) is 0. The summed E-state index contributed by atoms with van der Waals surface area (Å²) in [5, 5.41) is 0. The van der Waals surface area contributed by atoms with Gasteiger partial charge in [0.1, 0.15) is 0 Å². The molecule has 0 bridgehead atoms. The van der Waals surface area contributed by atoms with Crippen molar-refractivity contribution in [1.29, 1.82) is 0 Å². The lowest BCUT2D eigenvalue weighted by Crippen LogP contribution is -2.12. The fourth-order valence-corrected chi connectivity index (χ4v) is 2.59. The van der Waals surface area contributed by atoms with Crippen LogP contribution in [-0.2, 0) is 0 Å². The summed E-state index contributed by atoms with van der Waals surface area (Å²) in [6.45, 7) is 12.0. The lowest BCUT2D eigenvalue weighted by molar-refractivity contribution is 0.289. The second-order valence-corrected chi connectivity index (χ2v) is 5.78. The average molecular weight is 182 g/mol. The Kier molecular flexibility index (Phi) is 3.43. The molecule has 0 amide bonds. The normalized spacial score (nSPS) is 29.8. The van der Waals surface area contributed by atoms with Crippen LogP contribution in [0.5, 0.6) is 0 Å². The van der Waals surface area contributed by atoms with Crippen molar-refractivity contribution in [2.24, 2.45) is 23.2 Å². The first-order valence-corrected chi connectivity index (χ1v) is 5.99. The summed E-state index contributed by atoms with van der Waals surface area (Å²) in [5.41, 5.74) is 0.667. The first kappa shape index (κ1) is 11.1. The fourth-order valence-electron chi connectivity index (χ4n) is 2.59. The molecule has 0 spiro atoms. The van der Waals surface area contributed by atoms with Crippen molar-refractivity contribution in [3.05, 3.63) is 0 Å². The molecular weight excluding hydrogens is 156 g/mol. The summed E-state index contributed by atoms with van der Waals surface area (Å²) in [4.78, 5) is 0. The lowest BCUT2D eigenvalue weighted by Gasteiger charge is -2.21. The summed E-state index contributed by atoms with van der Waals surface area (Å²) in [7, 11) is 0. The molecule has 13 heavy (non-hydrogen) atoms. The molecule has 1 saturated carbocycles. The average Bonchev–Trinajstić information content (AvgIpc) is 2.69. The molecule has 0 saturated heterocycles. The maximum absolute atomic E-state index is 2.46. The Balaban J connectivity index is 2.27. The molecule has 0 aromatic rings. The number of hydrogen-bond acceptors (Lipinski definition) is 0. The van der Waals surface area contributed by atoms with Gasteiger partial charge in [0.15, 0.2) is 0 Å². The summed E-state index contributed by atoms with van der Waals surface area (Å²) < 4.78 is 0. The molecule has 0 N–H and O–H groups in total. The van der Waals surface area contributed by atoms with Crippen LogP contribution in [0.3, 0.4) is 0 Å². The molecule has 78 valence electrons. The largest absolute Gasteiger partial charge is 0.0654 e. The molecule has 0 radical (unpaired) electrons. The maximum Gasteiger partial charge on any atom is -0.0320 e. The monoisotopic (exact) mass is 182 g/mol. The topological polar surface area (TPSA) is 0 Å². The molecule has 1 aliphatic rings. The molecule has 0 heteroatoms. The SMILES string of the molecule is CCCCC(C)C(C)C1CC1(C)C. The third-order valence-electron chi connectivity index (χ3n) is 4.13. The first-order valence-electron chi connectivity index (χ1n) is 5.99. The van der Waals surface area contributed by atoms with E-state index in [0.717, 1.165) is 17.8 Å². The van der Waals surface area contributed by atoms with Gasteiger partial charge >= 0.3 is 0 Å². The van der Waals surface area contributed by atoms with Crippen LogP contribution in [-0.4, -0.2) is 0 Å². The van der Waals surface area contributed by atoms with Crippen LogP contribution >= 0.6 is 0 Å². The lowest BCUT2D eigenvalue weighted by atomic mass is 9.85. The minimum absolute atomic E-state index is 0.667. The van der Waals surface area contributed by atoms with E-state index >= 15 is 0 Å². The van der Waals surface area contributed by atoms with Gasteiger partial charge in [-0.2, -0.15) is 0 Å². The molecule has 3 atom stereocenters. The molecule has 0 heterocycles. The highest BCUT2D eigenvalue weighted by Gasteiger charge is 2.49. The molecule has 0 aromatic heterocycles. The zero-order valence-electron chi connectivity index (χ0n) is 10.1. The summed E-state index contributed by atoms with van der Waals surface area (Å²) in [6.07, 6.45) is 5.67. The Hall–Kier alpha value is 0. The van der Waals surface area contributed by atoms with E-state index in [1.54, 1.807) is 0 Å². The Morgan fingerprint density at radius 3 is 2.23 bits per heavy atom. The Morgan fingerprint density at radius 1 is 1.31 bits per heavy atom. The molecule has 3 unspecified atom stereocenters. The van der Waals surface area contributed by atoms with Crippen LogP contribution in [0.2, 0.25) is 0 Å². The van der Waals surface area contributed by atoms with Crippen LogP contribution in [0, 0.1) is 23.2 Å². The van der Waals surface area contributed by atoms with Gasteiger partial charge in [-0.05, 0) is 29.6 Å². The van der Waals surface area contributed by atoms with Crippen LogP contribution < -0.4 is 0 Å². The van der Waals surface area contributed by atoms with E-state index in [1.807, 2.05) is 0 Å². The Morgan fingerprint density at radius 2 is 1.85 bits per heavy atom.